The highest BCUT2D eigenvalue weighted by Crippen LogP contribution is 2.20. The second kappa shape index (κ2) is 8.62. The van der Waals surface area contributed by atoms with Gasteiger partial charge in [-0.2, -0.15) is 0 Å². The van der Waals surface area contributed by atoms with E-state index >= 15 is 0 Å². The van der Waals surface area contributed by atoms with Crippen LogP contribution in [0.2, 0.25) is 0 Å². The summed E-state index contributed by atoms with van der Waals surface area (Å²) in [5.74, 6) is 0.123. The molecule has 2 aromatic rings. The molecule has 1 aliphatic rings. The van der Waals surface area contributed by atoms with Crippen molar-refractivity contribution in [2.45, 2.75) is 26.7 Å². The number of anilines is 1. The van der Waals surface area contributed by atoms with E-state index in [2.05, 4.69) is 15.3 Å². The summed E-state index contributed by atoms with van der Waals surface area (Å²) in [7, 11) is 0. The van der Waals surface area contributed by atoms with Gasteiger partial charge in [0.2, 0.25) is 5.91 Å². The third kappa shape index (κ3) is 5.26. The first-order valence-electron chi connectivity index (χ1n) is 9.09. The summed E-state index contributed by atoms with van der Waals surface area (Å²) in [4.78, 5) is 34.0. The van der Waals surface area contributed by atoms with Gasteiger partial charge in [-0.1, -0.05) is 0 Å². The van der Waals surface area contributed by atoms with Gasteiger partial charge in [-0.25, -0.2) is 9.97 Å². The zero-order valence-electron chi connectivity index (χ0n) is 15.6. The number of aromatic nitrogens is 2. The Kier molecular flexibility index (Phi) is 6.01. The van der Waals surface area contributed by atoms with Crippen molar-refractivity contribution >= 4 is 17.5 Å². The second-order valence-corrected chi connectivity index (χ2v) is 6.87. The number of ether oxygens (including phenoxy) is 1. The minimum Gasteiger partial charge on any atom is -0.463 e. The van der Waals surface area contributed by atoms with Crippen LogP contribution in [-0.2, 0) is 4.79 Å². The van der Waals surface area contributed by atoms with Crippen molar-refractivity contribution in [1.29, 1.82) is 0 Å². The van der Waals surface area contributed by atoms with Crippen LogP contribution in [0.25, 0.3) is 0 Å². The van der Waals surface area contributed by atoms with Crippen molar-refractivity contribution in [1.82, 2.24) is 14.9 Å². The number of carbonyl (C=O) groups is 2. The summed E-state index contributed by atoms with van der Waals surface area (Å²) < 4.78 is 5.69. The Bertz CT molecular complexity index is 790. The maximum atomic E-state index is 12.8. The summed E-state index contributed by atoms with van der Waals surface area (Å²) in [5.41, 5.74) is 2.29. The molecule has 0 bridgehead atoms. The number of piperidine rings is 1. The Balaban J connectivity index is 1.55. The average Bonchev–Trinajstić information content (AvgIpc) is 2.67. The molecule has 7 heteroatoms. The number of hydrogen-bond acceptors (Lipinski definition) is 5. The molecule has 3 rings (SSSR count). The van der Waals surface area contributed by atoms with Crippen LogP contribution in [0.1, 0.15) is 35.7 Å². The molecular formula is C20H24N4O3. The van der Waals surface area contributed by atoms with Crippen molar-refractivity contribution in [3.63, 3.8) is 0 Å². The maximum absolute atomic E-state index is 12.8. The van der Waals surface area contributed by atoms with Crippen LogP contribution < -0.4 is 10.1 Å². The van der Waals surface area contributed by atoms with E-state index in [-0.39, 0.29) is 17.7 Å². The number of likely N-dealkylation sites (tertiary alicyclic amines) is 1. The number of benzene rings is 1. The first-order valence-corrected chi connectivity index (χ1v) is 9.09. The predicted octanol–water partition coefficient (Wildman–Crippen LogP) is 2.67. The molecule has 1 unspecified atom stereocenters. The van der Waals surface area contributed by atoms with E-state index in [0.717, 1.165) is 24.9 Å². The number of nitrogens with zero attached hydrogens (tertiary/aromatic N) is 3. The van der Waals surface area contributed by atoms with Crippen molar-refractivity contribution < 1.29 is 14.3 Å². The van der Waals surface area contributed by atoms with E-state index < -0.39 is 0 Å². The zero-order chi connectivity index (χ0) is 19.2. The minimum atomic E-state index is -0.134. The lowest BCUT2D eigenvalue weighted by Crippen LogP contribution is -2.41. The predicted molar refractivity (Wildman–Crippen MR) is 102 cm³/mol. The molecule has 1 saturated heterocycles. The van der Waals surface area contributed by atoms with Crippen LogP contribution in [-0.4, -0.2) is 46.4 Å². The number of carbonyl (C=O) groups excluding carboxylic acids is 2. The molecule has 1 aliphatic heterocycles. The highest BCUT2D eigenvalue weighted by Gasteiger charge is 2.25. The fourth-order valence-corrected chi connectivity index (χ4v) is 3.12. The molecule has 0 aliphatic carbocycles. The SMILES string of the molecule is CC(=O)Nc1ccc(C(=O)N2CCCC(COc3ncc(C)cn3)C2)cc1. The summed E-state index contributed by atoms with van der Waals surface area (Å²) >= 11 is 0. The minimum absolute atomic E-state index is 0.000612. The number of rotatable bonds is 5. The largest absolute Gasteiger partial charge is 0.463 e. The summed E-state index contributed by atoms with van der Waals surface area (Å²) in [6.07, 6.45) is 5.41. The number of amides is 2. The molecule has 7 nitrogen and oxygen atoms in total. The van der Waals surface area contributed by atoms with Gasteiger partial charge in [-0.3, -0.25) is 9.59 Å². The lowest BCUT2D eigenvalue weighted by Gasteiger charge is -2.32. The molecular weight excluding hydrogens is 344 g/mol. The van der Waals surface area contributed by atoms with Crippen LogP contribution in [0.4, 0.5) is 5.69 Å². The third-order valence-corrected chi connectivity index (χ3v) is 4.46. The molecule has 142 valence electrons. The highest BCUT2D eigenvalue weighted by molar-refractivity contribution is 5.95. The molecule has 1 atom stereocenters. The molecule has 0 radical (unpaired) electrons. The fourth-order valence-electron chi connectivity index (χ4n) is 3.12. The van der Waals surface area contributed by atoms with Gasteiger partial charge in [-0.05, 0) is 49.6 Å². The lowest BCUT2D eigenvalue weighted by molar-refractivity contribution is -0.114. The molecule has 0 saturated carbocycles. The van der Waals surface area contributed by atoms with Crippen LogP contribution in [0.15, 0.2) is 36.7 Å². The normalized spacial score (nSPS) is 16.7. The Hall–Kier alpha value is -2.96. The monoisotopic (exact) mass is 368 g/mol. The van der Waals surface area contributed by atoms with Gasteiger partial charge in [-0.15, -0.1) is 0 Å². The number of aryl methyl sites for hydroxylation is 1. The fraction of sp³-hybridized carbons (Fsp3) is 0.400. The second-order valence-electron chi connectivity index (χ2n) is 6.87. The Morgan fingerprint density at radius 2 is 1.93 bits per heavy atom. The van der Waals surface area contributed by atoms with E-state index in [9.17, 15) is 9.59 Å². The van der Waals surface area contributed by atoms with E-state index in [1.165, 1.54) is 6.92 Å². The maximum Gasteiger partial charge on any atom is 0.316 e. The standard InChI is InChI=1S/C20H24N4O3/c1-14-10-21-20(22-11-14)27-13-16-4-3-9-24(12-16)19(26)17-5-7-18(8-6-17)23-15(2)25/h5-8,10-11,16H,3-4,9,12-13H2,1-2H3,(H,23,25). The molecule has 2 amide bonds. The van der Waals surface area contributed by atoms with Crippen LogP contribution in [0, 0.1) is 12.8 Å². The van der Waals surface area contributed by atoms with Crippen molar-refractivity contribution in [2.75, 3.05) is 25.0 Å². The molecule has 1 aromatic heterocycles. The molecule has 1 N–H and O–H groups in total. The van der Waals surface area contributed by atoms with Crippen LogP contribution in [0.5, 0.6) is 6.01 Å². The number of nitrogens with one attached hydrogen (secondary N) is 1. The van der Waals surface area contributed by atoms with Gasteiger partial charge in [0, 0.05) is 49.6 Å². The summed E-state index contributed by atoms with van der Waals surface area (Å²) in [5, 5.41) is 2.70. The van der Waals surface area contributed by atoms with Gasteiger partial charge in [0.25, 0.3) is 5.91 Å². The smallest absolute Gasteiger partial charge is 0.316 e. The first-order chi connectivity index (χ1) is 13.0. The summed E-state index contributed by atoms with van der Waals surface area (Å²) in [6, 6.07) is 7.35. The Morgan fingerprint density at radius 1 is 1.22 bits per heavy atom. The number of hydrogen-bond donors (Lipinski definition) is 1. The van der Waals surface area contributed by atoms with Gasteiger partial charge in [0.15, 0.2) is 0 Å². The Labute approximate surface area is 158 Å². The van der Waals surface area contributed by atoms with Gasteiger partial charge in [0.05, 0.1) is 6.61 Å². The highest BCUT2D eigenvalue weighted by atomic mass is 16.5. The van der Waals surface area contributed by atoms with Crippen molar-refractivity contribution in [3.05, 3.63) is 47.8 Å². The first kappa shape index (κ1) is 18.8. The quantitative estimate of drug-likeness (QED) is 0.877. The van der Waals surface area contributed by atoms with Gasteiger partial charge < -0.3 is 15.0 Å². The molecule has 1 fully saturated rings. The van der Waals surface area contributed by atoms with Crippen molar-refractivity contribution in [3.8, 4) is 6.01 Å². The summed E-state index contributed by atoms with van der Waals surface area (Å²) in [6.45, 7) is 5.27. The van der Waals surface area contributed by atoms with Crippen LogP contribution >= 0.6 is 0 Å². The zero-order valence-corrected chi connectivity index (χ0v) is 15.6. The molecule has 1 aromatic carbocycles. The average molecular weight is 368 g/mol. The third-order valence-electron chi connectivity index (χ3n) is 4.46. The molecule has 2 heterocycles. The topological polar surface area (TPSA) is 84.4 Å². The van der Waals surface area contributed by atoms with E-state index in [1.807, 2.05) is 11.8 Å². The molecule has 27 heavy (non-hydrogen) atoms. The lowest BCUT2D eigenvalue weighted by atomic mass is 9.98. The van der Waals surface area contributed by atoms with Crippen molar-refractivity contribution in [2.24, 2.45) is 5.92 Å². The van der Waals surface area contributed by atoms with Gasteiger partial charge in [0.1, 0.15) is 0 Å². The van der Waals surface area contributed by atoms with Crippen LogP contribution in [0.3, 0.4) is 0 Å². The van der Waals surface area contributed by atoms with E-state index in [1.54, 1.807) is 36.7 Å². The Morgan fingerprint density at radius 3 is 2.59 bits per heavy atom. The van der Waals surface area contributed by atoms with E-state index in [4.69, 9.17) is 4.74 Å². The van der Waals surface area contributed by atoms with Gasteiger partial charge >= 0.3 is 6.01 Å². The molecule has 0 spiro atoms. The van der Waals surface area contributed by atoms with E-state index in [0.29, 0.717) is 30.4 Å².